The molecule has 0 bridgehead atoms. The predicted octanol–water partition coefficient (Wildman–Crippen LogP) is 4.95. The molecule has 0 aliphatic rings. The van der Waals surface area contributed by atoms with Gasteiger partial charge in [0.05, 0.1) is 0 Å². The quantitative estimate of drug-likeness (QED) is 0.763. The summed E-state index contributed by atoms with van der Waals surface area (Å²) in [6, 6.07) is 13.7. The van der Waals surface area contributed by atoms with Crippen LogP contribution in [-0.4, -0.2) is 12.8 Å². The van der Waals surface area contributed by atoms with E-state index in [9.17, 15) is 4.39 Å². The molecule has 1 atom stereocenters. The molecule has 20 heavy (non-hydrogen) atoms. The van der Waals surface area contributed by atoms with Crippen molar-refractivity contribution in [3.05, 3.63) is 63.9 Å². The Labute approximate surface area is 132 Å². The Hall–Kier alpha value is -0.840. The van der Waals surface area contributed by atoms with Crippen molar-refractivity contribution >= 4 is 27.7 Å². The molecule has 0 radical (unpaired) electrons. The molecular weight excluding hydrogens is 337 g/mol. The van der Waals surface area contributed by atoms with Crippen LogP contribution in [0.5, 0.6) is 0 Å². The largest absolute Gasteiger partial charge is 0.312 e. The number of thioether (sulfide) groups is 1. The Bertz CT molecular complexity index is 588. The number of aryl methyl sites for hydroxylation is 1. The van der Waals surface area contributed by atoms with E-state index in [1.54, 1.807) is 18.7 Å². The first-order valence-electron chi connectivity index (χ1n) is 6.42. The molecule has 0 spiro atoms. The summed E-state index contributed by atoms with van der Waals surface area (Å²) in [7, 11) is 1.93. The van der Waals surface area contributed by atoms with Crippen LogP contribution in [0.3, 0.4) is 0 Å². The molecule has 1 nitrogen and oxygen atoms in total. The third kappa shape index (κ3) is 3.84. The second kappa shape index (κ2) is 7.25. The van der Waals surface area contributed by atoms with Crippen LogP contribution >= 0.6 is 27.7 Å². The van der Waals surface area contributed by atoms with Gasteiger partial charge in [-0.05, 0) is 59.2 Å². The lowest BCUT2D eigenvalue weighted by molar-refractivity contribution is 0.611. The molecule has 4 heteroatoms. The van der Waals surface area contributed by atoms with Crippen LogP contribution in [0, 0.1) is 12.7 Å². The van der Waals surface area contributed by atoms with Gasteiger partial charge in [-0.25, -0.2) is 4.39 Å². The minimum absolute atomic E-state index is 0.151. The highest BCUT2D eigenvalue weighted by molar-refractivity contribution is 9.10. The molecule has 2 aromatic carbocycles. The van der Waals surface area contributed by atoms with E-state index in [2.05, 4.69) is 27.3 Å². The molecule has 0 saturated heterocycles. The summed E-state index contributed by atoms with van der Waals surface area (Å²) in [5.74, 6) is 0.742. The van der Waals surface area contributed by atoms with Gasteiger partial charge in [-0.15, -0.1) is 11.8 Å². The number of nitrogens with one attached hydrogen (secondary N) is 1. The molecule has 2 rings (SSSR count). The van der Waals surface area contributed by atoms with Crippen LogP contribution < -0.4 is 5.32 Å². The van der Waals surface area contributed by atoms with Gasteiger partial charge in [0.1, 0.15) is 5.82 Å². The summed E-state index contributed by atoms with van der Waals surface area (Å²) >= 11 is 5.34. The van der Waals surface area contributed by atoms with Gasteiger partial charge in [-0.2, -0.15) is 0 Å². The molecule has 1 unspecified atom stereocenters. The van der Waals surface area contributed by atoms with Gasteiger partial charge in [0.25, 0.3) is 0 Å². The minimum Gasteiger partial charge on any atom is -0.312 e. The van der Waals surface area contributed by atoms with Crippen molar-refractivity contribution in [1.29, 1.82) is 0 Å². The first-order chi connectivity index (χ1) is 9.61. The van der Waals surface area contributed by atoms with E-state index < -0.39 is 0 Å². The second-order valence-corrected chi connectivity index (χ2v) is 6.51. The van der Waals surface area contributed by atoms with Crippen molar-refractivity contribution < 1.29 is 4.39 Å². The maximum absolute atomic E-state index is 13.3. The number of halogens is 2. The fourth-order valence-electron chi connectivity index (χ4n) is 1.97. The van der Waals surface area contributed by atoms with Gasteiger partial charge in [-0.1, -0.05) is 24.3 Å². The van der Waals surface area contributed by atoms with Crippen LogP contribution in [-0.2, 0) is 0 Å². The molecule has 0 fully saturated rings. The van der Waals surface area contributed by atoms with E-state index in [0.29, 0.717) is 5.56 Å². The summed E-state index contributed by atoms with van der Waals surface area (Å²) in [4.78, 5) is 1.21. The molecule has 0 saturated carbocycles. The van der Waals surface area contributed by atoms with E-state index >= 15 is 0 Å². The van der Waals surface area contributed by atoms with Gasteiger partial charge in [0.15, 0.2) is 0 Å². The highest BCUT2D eigenvalue weighted by Crippen LogP contribution is 2.30. The molecule has 0 heterocycles. The summed E-state index contributed by atoms with van der Waals surface area (Å²) in [6.45, 7) is 1.80. The zero-order valence-electron chi connectivity index (χ0n) is 11.5. The number of hydrogen-bond donors (Lipinski definition) is 1. The third-order valence-corrected chi connectivity index (χ3v) is 5.30. The lowest BCUT2D eigenvalue weighted by atomic mass is 10.1. The minimum atomic E-state index is -0.151. The van der Waals surface area contributed by atoms with Crippen molar-refractivity contribution in [2.24, 2.45) is 0 Å². The standard InChI is InChI=1S/C16H17BrFNS/c1-11-9-12(7-8-14(11)18)15(19-2)10-20-16-6-4-3-5-13(16)17/h3-9,15,19H,10H2,1-2H3. The Morgan fingerprint density at radius 1 is 1.25 bits per heavy atom. The maximum Gasteiger partial charge on any atom is 0.126 e. The molecule has 1 N–H and O–H groups in total. The van der Waals surface area contributed by atoms with E-state index in [0.717, 1.165) is 15.8 Å². The first-order valence-corrected chi connectivity index (χ1v) is 8.20. The normalized spacial score (nSPS) is 12.4. The molecule has 0 aliphatic carbocycles. The van der Waals surface area contributed by atoms with Gasteiger partial charge in [0.2, 0.25) is 0 Å². The van der Waals surface area contributed by atoms with E-state index in [-0.39, 0.29) is 11.9 Å². The highest BCUT2D eigenvalue weighted by atomic mass is 79.9. The van der Waals surface area contributed by atoms with Crippen molar-refractivity contribution in [3.63, 3.8) is 0 Å². The van der Waals surface area contributed by atoms with Crippen molar-refractivity contribution in [1.82, 2.24) is 5.32 Å². The lowest BCUT2D eigenvalue weighted by Gasteiger charge is -2.17. The second-order valence-electron chi connectivity index (χ2n) is 4.59. The summed E-state index contributed by atoms with van der Waals surface area (Å²) in [5.41, 5.74) is 1.81. The zero-order chi connectivity index (χ0) is 14.5. The van der Waals surface area contributed by atoms with E-state index in [4.69, 9.17) is 0 Å². The monoisotopic (exact) mass is 353 g/mol. The fraction of sp³-hybridized carbons (Fsp3) is 0.250. The first kappa shape index (κ1) is 15.5. The lowest BCUT2D eigenvalue weighted by Crippen LogP contribution is -2.19. The molecular formula is C16H17BrFNS. The summed E-state index contributed by atoms with van der Waals surface area (Å²) in [6.07, 6.45) is 0. The van der Waals surface area contributed by atoms with Crippen LogP contribution in [0.15, 0.2) is 51.8 Å². The SMILES string of the molecule is CNC(CSc1ccccc1Br)c1ccc(F)c(C)c1. The average molecular weight is 354 g/mol. The Morgan fingerprint density at radius 2 is 2.00 bits per heavy atom. The van der Waals surface area contributed by atoms with Gasteiger partial charge < -0.3 is 5.32 Å². The van der Waals surface area contributed by atoms with Crippen LogP contribution in [0.1, 0.15) is 17.2 Å². The van der Waals surface area contributed by atoms with Gasteiger partial charge in [0, 0.05) is 21.2 Å². The van der Waals surface area contributed by atoms with E-state index in [1.165, 1.54) is 11.0 Å². The third-order valence-electron chi connectivity index (χ3n) is 3.17. The zero-order valence-corrected chi connectivity index (χ0v) is 13.9. The van der Waals surface area contributed by atoms with Crippen molar-refractivity contribution in [2.45, 2.75) is 17.9 Å². The maximum atomic E-state index is 13.3. The summed E-state index contributed by atoms with van der Waals surface area (Å²) in [5, 5.41) is 3.30. The van der Waals surface area contributed by atoms with Crippen molar-refractivity contribution in [2.75, 3.05) is 12.8 Å². The van der Waals surface area contributed by atoms with Gasteiger partial charge in [-0.3, -0.25) is 0 Å². The van der Waals surface area contributed by atoms with Crippen LogP contribution in [0.2, 0.25) is 0 Å². The topological polar surface area (TPSA) is 12.0 Å². The number of hydrogen-bond acceptors (Lipinski definition) is 2. The smallest absolute Gasteiger partial charge is 0.126 e. The molecule has 0 aliphatic heterocycles. The number of benzene rings is 2. The highest BCUT2D eigenvalue weighted by Gasteiger charge is 2.12. The Morgan fingerprint density at radius 3 is 2.65 bits per heavy atom. The fourth-order valence-corrected chi connectivity index (χ4v) is 3.68. The van der Waals surface area contributed by atoms with Crippen molar-refractivity contribution in [3.8, 4) is 0 Å². The molecule has 0 amide bonds. The van der Waals surface area contributed by atoms with Crippen LogP contribution in [0.25, 0.3) is 0 Å². The molecule has 2 aromatic rings. The average Bonchev–Trinajstić information content (AvgIpc) is 2.45. The summed E-state index contributed by atoms with van der Waals surface area (Å²) < 4.78 is 14.4. The predicted molar refractivity (Wildman–Crippen MR) is 87.8 cm³/mol. The van der Waals surface area contributed by atoms with E-state index in [1.807, 2.05) is 37.4 Å². The molecule has 0 aromatic heterocycles. The van der Waals surface area contributed by atoms with Gasteiger partial charge >= 0.3 is 0 Å². The molecule has 106 valence electrons. The Kier molecular flexibility index (Phi) is 5.64. The Balaban J connectivity index is 2.09. The van der Waals surface area contributed by atoms with Crippen LogP contribution in [0.4, 0.5) is 4.39 Å². The number of rotatable bonds is 5.